The van der Waals surface area contributed by atoms with Gasteiger partial charge in [0.05, 0.1) is 5.60 Å². The minimum atomic E-state index is -0.626. The third-order valence-corrected chi connectivity index (χ3v) is 5.01. The second-order valence-electron chi connectivity index (χ2n) is 5.83. The second-order valence-corrected chi connectivity index (χ2v) is 6.65. The van der Waals surface area contributed by atoms with E-state index in [9.17, 15) is 5.11 Å². The molecule has 0 aromatic heterocycles. The highest BCUT2D eigenvalue weighted by atomic mass is 35.5. The van der Waals surface area contributed by atoms with E-state index in [0.29, 0.717) is 16.5 Å². The van der Waals surface area contributed by atoms with Crippen LogP contribution in [0.2, 0.25) is 10.0 Å². The van der Waals surface area contributed by atoms with Crippen molar-refractivity contribution in [2.75, 3.05) is 0 Å². The Balaban J connectivity index is 2.03. The molecule has 1 N–H and O–H groups in total. The fourth-order valence-electron chi connectivity index (χ4n) is 3.12. The standard InChI is InChI=1S/C16H22Cl2O/c1-2-4-12-7-9-16(19,10-8-12)11-13-14(17)5-3-6-15(13)18/h3,5-6,12,19H,2,4,7-11H2,1H3. The Labute approximate surface area is 125 Å². The van der Waals surface area contributed by atoms with Gasteiger partial charge in [-0.25, -0.2) is 0 Å². The molecule has 1 aliphatic rings. The molecule has 19 heavy (non-hydrogen) atoms. The van der Waals surface area contributed by atoms with Crippen molar-refractivity contribution in [2.45, 2.75) is 57.5 Å². The summed E-state index contributed by atoms with van der Waals surface area (Å²) in [6, 6.07) is 5.53. The maximum absolute atomic E-state index is 10.7. The van der Waals surface area contributed by atoms with Gasteiger partial charge in [-0.1, -0.05) is 49.0 Å². The number of aliphatic hydroxyl groups is 1. The Kier molecular flexibility index (Phi) is 5.16. The Morgan fingerprint density at radius 1 is 1.21 bits per heavy atom. The molecule has 1 aromatic carbocycles. The molecule has 0 spiro atoms. The molecule has 1 saturated carbocycles. The topological polar surface area (TPSA) is 20.2 Å². The summed E-state index contributed by atoms with van der Waals surface area (Å²) in [6.45, 7) is 2.23. The van der Waals surface area contributed by atoms with Crippen LogP contribution in [0.15, 0.2) is 18.2 Å². The van der Waals surface area contributed by atoms with Gasteiger partial charge in [-0.05, 0) is 49.3 Å². The fourth-order valence-corrected chi connectivity index (χ4v) is 3.65. The molecule has 0 bridgehead atoms. The number of benzene rings is 1. The van der Waals surface area contributed by atoms with Gasteiger partial charge in [0.1, 0.15) is 0 Å². The highest BCUT2D eigenvalue weighted by Crippen LogP contribution is 2.38. The van der Waals surface area contributed by atoms with Crippen molar-refractivity contribution in [3.8, 4) is 0 Å². The van der Waals surface area contributed by atoms with Crippen LogP contribution in [0.1, 0.15) is 51.0 Å². The Bertz CT molecular complexity index is 403. The Morgan fingerprint density at radius 3 is 2.32 bits per heavy atom. The molecule has 0 radical (unpaired) electrons. The lowest BCUT2D eigenvalue weighted by molar-refractivity contribution is -0.00984. The van der Waals surface area contributed by atoms with Gasteiger partial charge in [-0.2, -0.15) is 0 Å². The van der Waals surface area contributed by atoms with Gasteiger partial charge < -0.3 is 5.11 Å². The van der Waals surface area contributed by atoms with Crippen molar-refractivity contribution >= 4 is 23.2 Å². The monoisotopic (exact) mass is 300 g/mol. The van der Waals surface area contributed by atoms with Gasteiger partial charge in [0, 0.05) is 16.5 Å². The predicted molar refractivity (Wildman–Crippen MR) is 82.0 cm³/mol. The van der Waals surface area contributed by atoms with E-state index in [1.807, 2.05) is 18.2 Å². The normalized spacial score (nSPS) is 27.5. The first-order valence-corrected chi connectivity index (χ1v) is 7.95. The molecule has 0 amide bonds. The molecule has 1 fully saturated rings. The summed E-state index contributed by atoms with van der Waals surface area (Å²) in [5.41, 5.74) is 0.265. The van der Waals surface area contributed by atoms with Gasteiger partial charge in [-0.15, -0.1) is 0 Å². The van der Waals surface area contributed by atoms with Crippen LogP contribution in [-0.2, 0) is 6.42 Å². The van der Waals surface area contributed by atoms with Gasteiger partial charge in [0.25, 0.3) is 0 Å². The van der Waals surface area contributed by atoms with E-state index in [1.54, 1.807) is 0 Å². The first-order chi connectivity index (χ1) is 9.04. The third-order valence-electron chi connectivity index (χ3n) is 4.30. The summed E-state index contributed by atoms with van der Waals surface area (Å²) < 4.78 is 0. The minimum Gasteiger partial charge on any atom is -0.390 e. The zero-order valence-electron chi connectivity index (χ0n) is 11.5. The summed E-state index contributed by atoms with van der Waals surface area (Å²) in [6.07, 6.45) is 7.05. The van der Waals surface area contributed by atoms with E-state index < -0.39 is 5.60 Å². The highest BCUT2D eigenvalue weighted by Gasteiger charge is 2.34. The van der Waals surface area contributed by atoms with Crippen LogP contribution in [0.3, 0.4) is 0 Å². The molecule has 1 nitrogen and oxygen atoms in total. The maximum Gasteiger partial charge on any atom is 0.0689 e. The Morgan fingerprint density at radius 2 is 1.79 bits per heavy atom. The molecule has 2 rings (SSSR count). The van der Waals surface area contributed by atoms with E-state index >= 15 is 0 Å². The number of hydrogen-bond donors (Lipinski definition) is 1. The van der Waals surface area contributed by atoms with Crippen LogP contribution in [0.4, 0.5) is 0 Å². The zero-order valence-corrected chi connectivity index (χ0v) is 13.0. The lowest BCUT2D eigenvalue weighted by Gasteiger charge is -2.36. The van der Waals surface area contributed by atoms with Crippen molar-refractivity contribution in [3.63, 3.8) is 0 Å². The van der Waals surface area contributed by atoms with Gasteiger partial charge in [-0.3, -0.25) is 0 Å². The van der Waals surface area contributed by atoms with Gasteiger partial charge in [0.15, 0.2) is 0 Å². The molecular formula is C16H22Cl2O. The summed E-state index contributed by atoms with van der Waals surface area (Å²) in [4.78, 5) is 0. The predicted octanol–water partition coefficient (Wildman–Crippen LogP) is 5.26. The smallest absolute Gasteiger partial charge is 0.0689 e. The molecule has 1 aliphatic carbocycles. The lowest BCUT2D eigenvalue weighted by Crippen LogP contribution is -2.36. The first-order valence-electron chi connectivity index (χ1n) is 7.19. The summed E-state index contributed by atoms with van der Waals surface area (Å²) in [7, 11) is 0. The van der Waals surface area contributed by atoms with Gasteiger partial charge >= 0.3 is 0 Å². The largest absolute Gasteiger partial charge is 0.390 e. The summed E-state index contributed by atoms with van der Waals surface area (Å²) in [5.74, 6) is 0.784. The maximum atomic E-state index is 10.7. The lowest BCUT2D eigenvalue weighted by atomic mass is 9.74. The molecule has 0 aliphatic heterocycles. The van der Waals surface area contributed by atoms with Crippen LogP contribution in [0, 0.1) is 5.92 Å². The van der Waals surface area contributed by atoms with Crippen molar-refractivity contribution in [1.82, 2.24) is 0 Å². The molecule has 1 aromatic rings. The van der Waals surface area contributed by atoms with Crippen molar-refractivity contribution in [1.29, 1.82) is 0 Å². The quantitative estimate of drug-likeness (QED) is 0.804. The molecule has 0 unspecified atom stereocenters. The summed E-state index contributed by atoms with van der Waals surface area (Å²) >= 11 is 12.4. The second kappa shape index (κ2) is 6.47. The fraction of sp³-hybridized carbons (Fsp3) is 0.625. The SMILES string of the molecule is CCCC1CCC(O)(Cc2c(Cl)cccc2Cl)CC1. The molecule has 3 heteroatoms. The molecule has 0 heterocycles. The zero-order chi connectivity index (χ0) is 13.9. The van der Waals surface area contributed by atoms with Crippen molar-refractivity contribution in [2.24, 2.45) is 5.92 Å². The third kappa shape index (κ3) is 3.87. The van der Waals surface area contributed by atoms with Crippen molar-refractivity contribution < 1.29 is 5.11 Å². The number of halogens is 2. The molecule has 0 saturated heterocycles. The number of hydrogen-bond acceptors (Lipinski definition) is 1. The molecular weight excluding hydrogens is 279 g/mol. The van der Waals surface area contributed by atoms with Gasteiger partial charge in [0.2, 0.25) is 0 Å². The van der Waals surface area contributed by atoms with Crippen LogP contribution in [0.5, 0.6) is 0 Å². The van der Waals surface area contributed by atoms with Crippen LogP contribution >= 0.6 is 23.2 Å². The number of rotatable bonds is 4. The van der Waals surface area contributed by atoms with E-state index in [-0.39, 0.29) is 0 Å². The summed E-state index contributed by atoms with van der Waals surface area (Å²) in [5, 5.41) is 12.1. The van der Waals surface area contributed by atoms with Crippen LogP contribution in [-0.4, -0.2) is 10.7 Å². The average molecular weight is 301 g/mol. The van der Waals surface area contributed by atoms with E-state index in [0.717, 1.165) is 37.2 Å². The first kappa shape index (κ1) is 15.2. The molecule has 0 atom stereocenters. The van der Waals surface area contributed by atoms with E-state index in [1.165, 1.54) is 12.8 Å². The molecule has 106 valence electrons. The van der Waals surface area contributed by atoms with E-state index in [2.05, 4.69) is 6.92 Å². The minimum absolute atomic E-state index is 0.574. The Hall–Kier alpha value is -0.240. The highest BCUT2D eigenvalue weighted by molar-refractivity contribution is 6.36. The average Bonchev–Trinajstić information content (AvgIpc) is 2.38. The van der Waals surface area contributed by atoms with Crippen LogP contribution < -0.4 is 0 Å². The van der Waals surface area contributed by atoms with E-state index in [4.69, 9.17) is 23.2 Å². The van der Waals surface area contributed by atoms with Crippen LogP contribution in [0.25, 0.3) is 0 Å². The van der Waals surface area contributed by atoms with Crippen molar-refractivity contribution in [3.05, 3.63) is 33.8 Å².